The number of aromatic amines is 1. The number of carbonyl (C=O) groups is 2. The molecule has 2 aromatic carbocycles. The fourth-order valence-corrected chi connectivity index (χ4v) is 3.74. The highest BCUT2D eigenvalue weighted by molar-refractivity contribution is 5.91. The standard InChI is InChI=1S/C22H23N3O2/c26-21-11-10-20(22(27)23-13-12-16-6-2-1-3-7-16)25(21)15-17-14-24-19-9-5-4-8-18(17)19/h1-9,14,20,24H,10-13,15H2,(H,23,27). The summed E-state index contributed by atoms with van der Waals surface area (Å²) in [4.78, 5) is 30.0. The molecule has 138 valence electrons. The lowest BCUT2D eigenvalue weighted by Crippen LogP contribution is -2.44. The summed E-state index contributed by atoms with van der Waals surface area (Å²) >= 11 is 0. The van der Waals surface area contributed by atoms with Gasteiger partial charge >= 0.3 is 0 Å². The van der Waals surface area contributed by atoms with E-state index >= 15 is 0 Å². The number of likely N-dealkylation sites (tertiary alicyclic amines) is 1. The number of nitrogens with zero attached hydrogens (tertiary/aromatic N) is 1. The first-order valence-electron chi connectivity index (χ1n) is 9.38. The molecule has 1 fully saturated rings. The van der Waals surface area contributed by atoms with Crippen molar-refractivity contribution in [3.05, 3.63) is 71.9 Å². The van der Waals surface area contributed by atoms with Gasteiger partial charge < -0.3 is 15.2 Å². The molecule has 2 heterocycles. The molecular formula is C22H23N3O2. The quantitative estimate of drug-likeness (QED) is 0.709. The van der Waals surface area contributed by atoms with Crippen molar-refractivity contribution in [2.75, 3.05) is 6.54 Å². The molecule has 1 aliphatic rings. The normalized spacial score (nSPS) is 16.8. The molecule has 1 unspecified atom stereocenters. The summed E-state index contributed by atoms with van der Waals surface area (Å²) in [7, 11) is 0. The minimum absolute atomic E-state index is 0.0449. The Bertz CT molecular complexity index is 948. The Morgan fingerprint density at radius 3 is 2.74 bits per heavy atom. The summed E-state index contributed by atoms with van der Waals surface area (Å²) < 4.78 is 0. The van der Waals surface area contributed by atoms with E-state index in [1.54, 1.807) is 4.90 Å². The molecule has 5 nitrogen and oxygen atoms in total. The van der Waals surface area contributed by atoms with E-state index in [9.17, 15) is 9.59 Å². The highest BCUT2D eigenvalue weighted by Crippen LogP contribution is 2.25. The van der Waals surface area contributed by atoms with Crippen LogP contribution in [-0.2, 0) is 22.6 Å². The third-order valence-corrected chi connectivity index (χ3v) is 5.20. The van der Waals surface area contributed by atoms with Gasteiger partial charge in [-0.3, -0.25) is 9.59 Å². The number of amides is 2. The first kappa shape index (κ1) is 17.3. The molecule has 1 aliphatic heterocycles. The molecule has 0 radical (unpaired) electrons. The number of para-hydroxylation sites is 1. The topological polar surface area (TPSA) is 65.2 Å². The van der Waals surface area contributed by atoms with Gasteiger partial charge in [0.15, 0.2) is 0 Å². The summed E-state index contributed by atoms with van der Waals surface area (Å²) in [5, 5.41) is 4.10. The average molecular weight is 361 g/mol. The van der Waals surface area contributed by atoms with Crippen LogP contribution >= 0.6 is 0 Å². The minimum atomic E-state index is -0.387. The molecule has 0 bridgehead atoms. The van der Waals surface area contributed by atoms with Crippen LogP contribution in [-0.4, -0.2) is 34.3 Å². The Hall–Kier alpha value is -3.08. The zero-order valence-corrected chi connectivity index (χ0v) is 15.2. The molecule has 1 saturated heterocycles. The van der Waals surface area contributed by atoms with Crippen LogP contribution in [0.1, 0.15) is 24.0 Å². The van der Waals surface area contributed by atoms with E-state index in [2.05, 4.69) is 22.4 Å². The van der Waals surface area contributed by atoms with E-state index in [0.29, 0.717) is 25.9 Å². The monoisotopic (exact) mass is 361 g/mol. The van der Waals surface area contributed by atoms with Gasteiger partial charge in [0.1, 0.15) is 6.04 Å². The van der Waals surface area contributed by atoms with Gasteiger partial charge in [-0.25, -0.2) is 0 Å². The van der Waals surface area contributed by atoms with E-state index in [4.69, 9.17) is 0 Å². The largest absolute Gasteiger partial charge is 0.361 e. The van der Waals surface area contributed by atoms with Crippen LogP contribution in [0, 0.1) is 0 Å². The van der Waals surface area contributed by atoms with Gasteiger partial charge in [0, 0.05) is 36.6 Å². The van der Waals surface area contributed by atoms with Crippen molar-refractivity contribution in [2.45, 2.75) is 31.8 Å². The maximum atomic E-state index is 12.7. The molecule has 4 rings (SSSR count). The summed E-state index contributed by atoms with van der Waals surface area (Å²) in [6.07, 6.45) is 3.73. The summed E-state index contributed by atoms with van der Waals surface area (Å²) in [6.45, 7) is 1.04. The molecule has 0 saturated carbocycles. The number of nitrogens with one attached hydrogen (secondary N) is 2. The van der Waals surface area contributed by atoms with Crippen molar-refractivity contribution in [3.63, 3.8) is 0 Å². The summed E-state index contributed by atoms with van der Waals surface area (Å²) in [6, 6.07) is 17.7. The number of rotatable bonds is 6. The number of aromatic nitrogens is 1. The van der Waals surface area contributed by atoms with Crippen LogP contribution < -0.4 is 5.32 Å². The number of fused-ring (bicyclic) bond motifs is 1. The van der Waals surface area contributed by atoms with Crippen molar-refractivity contribution in [3.8, 4) is 0 Å². The fraction of sp³-hybridized carbons (Fsp3) is 0.273. The van der Waals surface area contributed by atoms with Crippen LogP contribution in [0.5, 0.6) is 0 Å². The Morgan fingerprint density at radius 1 is 1.11 bits per heavy atom. The lowest BCUT2D eigenvalue weighted by atomic mass is 10.1. The van der Waals surface area contributed by atoms with E-state index in [-0.39, 0.29) is 17.9 Å². The third kappa shape index (κ3) is 3.72. The van der Waals surface area contributed by atoms with Crippen LogP contribution in [0.15, 0.2) is 60.8 Å². The van der Waals surface area contributed by atoms with Gasteiger partial charge in [-0.2, -0.15) is 0 Å². The van der Waals surface area contributed by atoms with E-state index < -0.39 is 0 Å². The van der Waals surface area contributed by atoms with Gasteiger partial charge in [0.25, 0.3) is 0 Å². The maximum absolute atomic E-state index is 12.7. The van der Waals surface area contributed by atoms with Crippen molar-refractivity contribution in [2.24, 2.45) is 0 Å². The van der Waals surface area contributed by atoms with Crippen molar-refractivity contribution in [1.29, 1.82) is 0 Å². The zero-order chi connectivity index (χ0) is 18.6. The van der Waals surface area contributed by atoms with Crippen LogP contribution in [0.3, 0.4) is 0 Å². The highest BCUT2D eigenvalue weighted by Gasteiger charge is 2.36. The third-order valence-electron chi connectivity index (χ3n) is 5.20. The van der Waals surface area contributed by atoms with E-state index in [1.807, 2.05) is 48.7 Å². The van der Waals surface area contributed by atoms with Gasteiger partial charge in [-0.1, -0.05) is 48.5 Å². The Kier molecular flexibility index (Phi) is 4.92. The van der Waals surface area contributed by atoms with Crippen molar-refractivity contribution >= 4 is 22.7 Å². The number of hydrogen-bond acceptors (Lipinski definition) is 2. The van der Waals surface area contributed by atoms with Crippen LogP contribution in [0.25, 0.3) is 10.9 Å². The predicted molar refractivity (Wildman–Crippen MR) is 105 cm³/mol. The second-order valence-electron chi connectivity index (χ2n) is 6.96. The lowest BCUT2D eigenvalue weighted by Gasteiger charge is -2.24. The Labute approximate surface area is 158 Å². The Morgan fingerprint density at radius 2 is 1.89 bits per heavy atom. The van der Waals surface area contributed by atoms with Crippen molar-refractivity contribution < 1.29 is 9.59 Å². The molecular weight excluding hydrogens is 338 g/mol. The van der Waals surface area contributed by atoms with E-state index in [0.717, 1.165) is 22.9 Å². The smallest absolute Gasteiger partial charge is 0.242 e. The molecule has 0 aliphatic carbocycles. The van der Waals surface area contributed by atoms with Gasteiger partial charge in [-0.15, -0.1) is 0 Å². The minimum Gasteiger partial charge on any atom is -0.361 e. The second kappa shape index (κ2) is 7.66. The summed E-state index contributed by atoms with van der Waals surface area (Å²) in [5.41, 5.74) is 3.28. The fourth-order valence-electron chi connectivity index (χ4n) is 3.74. The molecule has 5 heteroatoms. The van der Waals surface area contributed by atoms with Gasteiger partial charge in [-0.05, 0) is 30.0 Å². The SMILES string of the molecule is O=C(NCCc1ccccc1)C1CCC(=O)N1Cc1c[nH]c2ccccc12. The molecule has 1 atom stereocenters. The number of benzene rings is 2. The molecule has 1 aromatic heterocycles. The number of hydrogen-bond donors (Lipinski definition) is 2. The first-order chi connectivity index (χ1) is 13.2. The average Bonchev–Trinajstić information content (AvgIpc) is 3.27. The van der Waals surface area contributed by atoms with Gasteiger partial charge in [0.05, 0.1) is 0 Å². The first-order valence-corrected chi connectivity index (χ1v) is 9.38. The second-order valence-corrected chi connectivity index (χ2v) is 6.96. The zero-order valence-electron chi connectivity index (χ0n) is 15.2. The molecule has 2 amide bonds. The lowest BCUT2D eigenvalue weighted by molar-refractivity contribution is -0.135. The molecule has 27 heavy (non-hydrogen) atoms. The number of carbonyl (C=O) groups excluding carboxylic acids is 2. The van der Waals surface area contributed by atoms with E-state index in [1.165, 1.54) is 5.56 Å². The van der Waals surface area contributed by atoms with Crippen molar-refractivity contribution in [1.82, 2.24) is 15.2 Å². The number of H-pyrrole nitrogens is 1. The molecule has 3 aromatic rings. The maximum Gasteiger partial charge on any atom is 0.242 e. The van der Waals surface area contributed by atoms with Crippen LogP contribution in [0.2, 0.25) is 0 Å². The predicted octanol–water partition coefficient (Wildman–Crippen LogP) is 3.02. The van der Waals surface area contributed by atoms with Gasteiger partial charge in [0.2, 0.25) is 11.8 Å². The summed E-state index contributed by atoms with van der Waals surface area (Å²) in [5.74, 6) is -0.0138. The molecule has 2 N–H and O–H groups in total. The highest BCUT2D eigenvalue weighted by atomic mass is 16.2. The molecule has 0 spiro atoms. The van der Waals surface area contributed by atoms with Crippen LogP contribution in [0.4, 0.5) is 0 Å². The Balaban J connectivity index is 1.41.